The maximum atomic E-state index is 14.2. The van der Waals surface area contributed by atoms with Gasteiger partial charge in [0.1, 0.15) is 23.2 Å². The van der Waals surface area contributed by atoms with Crippen LogP contribution in [0.15, 0.2) is 60.7 Å². The van der Waals surface area contributed by atoms with Crippen LogP contribution >= 0.6 is 11.6 Å². The van der Waals surface area contributed by atoms with Crippen molar-refractivity contribution in [3.63, 3.8) is 0 Å². The highest BCUT2D eigenvalue weighted by Crippen LogP contribution is 2.32. The number of nitrogens with one attached hydrogen (secondary N) is 2. The Labute approximate surface area is 229 Å². The first-order valence-electron chi connectivity index (χ1n) is 12.9. The van der Waals surface area contributed by atoms with E-state index in [2.05, 4.69) is 25.3 Å². The molecule has 0 bridgehead atoms. The number of H-pyrrole nitrogens is 2. The smallest absolute Gasteiger partial charge is 0.181 e. The number of piperidine rings is 1. The Morgan fingerprint density at radius 1 is 1.03 bits per heavy atom. The monoisotopic (exact) mass is 548 g/mol. The minimum absolute atomic E-state index is 0.0968. The molecule has 200 valence electrons. The van der Waals surface area contributed by atoms with Crippen LogP contribution in [0.3, 0.4) is 0 Å². The number of aromatic amines is 2. The topological polar surface area (TPSA) is 82.7 Å². The Hall–Kier alpha value is -3.82. The molecule has 2 aromatic heterocycles. The van der Waals surface area contributed by atoms with E-state index >= 15 is 0 Å². The average molecular weight is 549 g/mol. The molecule has 3 aromatic carbocycles. The molecular formula is C29H27ClF2N6O. The first-order valence-corrected chi connectivity index (χ1v) is 13.4. The van der Waals surface area contributed by atoms with Gasteiger partial charge in [-0.05, 0) is 80.9 Å². The molecule has 7 nitrogen and oxygen atoms in total. The van der Waals surface area contributed by atoms with Crippen molar-refractivity contribution in [3.8, 4) is 28.4 Å². The summed E-state index contributed by atoms with van der Waals surface area (Å²) in [5.41, 5.74) is 3.22. The number of hydrogen-bond acceptors (Lipinski definition) is 5. The van der Waals surface area contributed by atoms with E-state index in [1.165, 1.54) is 18.2 Å². The Balaban J connectivity index is 1.21. The summed E-state index contributed by atoms with van der Waals surface area (Å²) in [5.74, 6) is 1.13. The average Bonchev–Trinajstić information content (AvgIpc) is 3.59. The van der Waals surface area contributed by atoms with E-state index in [-0.39, 0.29) is 18.0 Å². The molecule has 6 rings (SSSR count). The van der Waals surface area contributed by atoms with Crippen molar-refractivity contribution >= 4 is 22.5 Å². The number of likely N-dealkylation sites (tertiary alicyclic amines) is 1. The predicted molar refractivity (Wildman–Crippen MR) is 146 cm³/mol. The molecule has 1 fully saturated rings. The molecule has 5 aromatic rings. The highest BCUT2D eigenvalue weighted by molar-refractivity contribution is 6.19. The lowest BCUT2D eigenvalue weighted by molar-refractivity contribution is 0.192. The van der Waals surface area contributed by atoms with Crippen LogP contribution in [0.25, 0.3) is 33.5 Å². The predicted octanol–water partition coefficient (Wildman–Crippen LogP) is 6.64. The van der Waals surface area contributed by atoms with Crippen molar-refractivity contribution in [3.05, 3.63) is 83.7 Å². The molecule has 39 heavy (non-hydrogen) atoms. The van der Waals surface area contributed by atoms with Gasteiger partial charge in [0.15, 0.2) is 11.4 Å². The van der Waals surface area contributed by atoms with Gasteiger partial charge in [0.05, 0.1) is 11.2 Å². The number of benzene rings is 3. The van der Waals surface area contributed by atoms with E-state index in [0.29, 0.717) is 18.1 Å². The summed E-state index contributed by atoms with van der Waals surface area (Å²) in [6.07, 6.45) is 1.84. The second-order valence-electron chi connectivity index (χ2n) is 9.84. The fourth-order valence-corrected chi connectivity index (χ4v) is 5.27. The quantitative estimate of drug-likeness (QED) is 0.223. The summed E-state index contributed by atoms with van der Waals surface area (Å²) in [5, 5.41) is 16.2. The fraction of sp³-hybridized carbons (Fsp3) is 0.276. The Bertz CT molecular complexity index is 1580. The van der Waals surface area contributed by atoms with Crippen LogP contribution in [-0.4, -0.2) is 48.9 Å². The number of alkyl halides is 1. The number of ether oxygens (including phenoxy) is 1. The van der Waals surface area contributed by atoms with Gasteiger partial charge in [-0.1, -0.05) is 17.7 Å². The molecule has 1 aliphatic heterocycles. The highest BCUT2D eigenvalue weighted by Gasteiger charge is 2.26. The Morgan fingerprint density at radius 2 is 1.79 bits per heavy atom. The second-order valence-corrected chi connectivity index (χ2v) is 10.5. The minimum Gasteiger partial charge on any atom is -0.475 e. The molecule has 0 radical (unpaired) electrons. The van der Waals surface area contributed by atoms with Crippen molar-refractivity contribution in [2.24, 2.45) is 0 Å². The van der Waals surface area contributed by atoms with E-state index in [1.807, 2.05) is 42.5 Å². The lowest BCUT2D eigenvalue weighted by atomic mass is 9.97. The normalized spacial score (nSPS) is 17.0. The minimum atomic E-state index is -0.512. The van der Waals surface area contributed by atoms with Crippen molar-refractivity contribution in [2.45, 2.75) is 37.8 Å². The lowest BCUT2D eigenvalue weighted by Crippen LogP contribution is -2.34. The third kappa shape index (κ3) is 5.37. The van der Waals surface area contributed by atoms with Crippen molar-refractivity contribution < 1.29 is 13.5 Å². The van der Waals surface area contributed by atoms with E-state index < -0.39 is 17.2 Å². The van der Waals surface area contributed by atoms with E-state index in [9.17, 15) is 8.78 Å². The standard InChI is InChI=1S/C29H27ClF2N6O/c1-17(30)39-21-10-7-18(8-11-21)27-22-14-19(9-12-26(22)34-35-27)28-33-29(37-36-28)20-4-3-13-38(15-20)16-23-24(31)5-2-6-25(23)32/h2,5-12,14,17,20H,3-4,13,15-16H2,1H3,(H,34,35)(H,33,36,37)/t17?,20-/m1/s1. The number of rotatable bonds is 7. The third-order valence-electron chi connectivity index (χ3n) is 7.09. The molecule has 0 aliphatic carbocycles. The maximum Gasteiger partial charge on any atom is 0.181 e. The molecule has 0 saturated carbocycles. The largest absolute Gasteiger partial charge is 0.475 e. The zero-order valence-corrected chi connectivity index (χ0v) is 22.1. The fourth-order valence-electron chi connectivity index (χ4n) is 5.17. The van der Waals surface area contributed by atoms with Gasteiger partial charge in [-0.3, -0.25) is 15.1 Å². The van der Waals surface area contributed by atoms with Crippen molar-refractivity contribution in [1.29, 1.82) is 0 Å². The summed E-state index contributed by atoms with van der Waals surface area (Å²) in [6.45, 7) is 3.43. The van der Waals surface area contributed by atoms with E-state index in [0.717, 1.165) is 52.9 Å². The van der Waals surface area contributed by atoms with E-state index in [4.69, 9.17) is 21.3 Å². The van der Waals surface area contributed by atoms with Crippen LogP contribution < -0.4 is 4.74 Å². The summed E-state index contributed by atoms with van der Waals surface area (Å²) < 4.78 is 33.9. The van der Waals surface area contributed by atoms with Gasteiger partial charge in [0.25, 0.3) is 0 Å². The van der Waals surface area contributed by atoms with Gasteiger partial charge in [0, 0.05) is 41.1 Å². The summed E-state index contributed by atoms with van der Waals surface area (Å²) in [4.78, 5) is 6.89. The molecular weight excluding hydrogens is 522 g/mol. The molecule has 1 aliphatic rings. The molecule has 10 heteroatoms. The third-order valence-corrected chi connectivity index (χ3v) is 7.17. The molecule has 0 spiro atoms. The first-order chi connectivity index (χ1) is 18.9. The van der Waals surface area contributed by atoms with Crippen molar-refractivity contribution in [1.82, 2.24) is 30.3 Å². The van der Waals surface area contributed by atoms with Crippen LogP contribution in [0, 0.1) is 11.6 Å². The number of halogens is 3. The molecule has 2 atom stereocenters. The van der Waals surface area contributed by atoms with Crippen LogP contribution in [0.5, 0.6) is 5.75 Å². The van der Waals surface area contributed by atoms with E-state index in [1.54, 1.807) is 6.92 Å². The number of aromatic nitrogens is 5. The SMILES string of the molecule is CC(Cl)Oc1ccc(-c2n[nH]c3ccc(-c4n[nH]c([C@@H]5CCCN(Cc6c(F)cccc6F)C5)n4)cc23)cc1. The van der Waals surface area contributed by atoms with Crippen molar-refractivity contribution in [2.75, 3.05) is 13.1 Å². The number of hydrogen-bond donors (Lipinski definition) is 2. The summed E-state index contributed by atoms with van der Waals surface area (Å²) in [7, 11) is 0. The maximum absolute atomic E-state index is 14.2. The van der Waals surface area contributed by atoms with Gasteiger partial charge in [-0.2, -0.15) is 10.2 Å². The lowest BCUT2D eigenvalue weighted by Gasteiger charge is -2.31. The van der Waals surface area contributed by atoms with Gasteiger partial charge < -0.3 is 4.74 Å². The summed E-state index contributed by atoms with van der Waals surface area (Å²) >= 11 is 5.92. The molecule has 0 amide bonds. The molecule has 1 unspecified atom stereocenters. The first kappa shape index (κ1) is 25.5. The number of nitrogens with zero attached hydrogens (tertiary/aromatic N) is 4. The number of fused-ring (bicyclic) bond motifs is 1. The zero-order valence-electron chi connectivity index (χ0n) is 21.3. The molecule has 1 saturated heterocycles. The highest BCUT2D eigenvalue weighted by atomic mass is 35.5. The summed E-state index contributed by atoms with van der Waals surface area (Å²) in [6, 6.07) is 17.6. The van der Waals surface area contributed by atoms with Crippen LogP contribution in [-0.2, 0) is 6.54 Å². The van der Waals surface area contributed by atoms with Crippen LogP contribution in [0.1, 0.15) is 37.1 Å². The molecule has 2 N–H and O–H groups in total. The molecule has 3 heterocycles. The van der Waals surface area contributed by atoms with Crippen LogP contribution in [0.2, 0.25) is 0 Å². The van der Waals surface area contributed by atoms with Gasteiger partial charge in [0.2, 0.25) is 0 Å². The second kappa shape index (κ2) is 10.7. The van der Waals surface area contributed by atoms with Crippen LogP contribution in [0.4, 0.5) is 8.78 Å². The van der Waals surface area contributed by atoms with Gasteiger partial charge in [-0.15, -0.1) is 0 Å². The Morgan fingerprint density at radius 3 is 2.56 bits per heavy atom. The zero-order chi connectivity index (χ0) is 26.9. The van der Waals surface area contributed by atoms with Gasteiger partial charge in [-0.25, -0.2) is 13.8 Å². The van der Waals surface area contributed by atoms with Gasteiger partial charge >= 0.3 is 0 Å². The Kier molecular flexibility index (Phi) is 7.01.